The smallest absolute Gasteiger partial charge is 0.0856 e. The fraction of sp³-hybridized carbons (Fsp3) is 0.778. The molecule has 0 aliphatic heterocycles. The van der Waals surface area contributed by atoms with E-state index in [1.54, 1.807) is 0 Å². The number of hydrogen-bond acceptors (Lipinski definition) is 3. The topological polar surface area (TPSA) is 56.7 Å². The predicted molar refractivity (Wildman–Crippen MR) is 52.5 cm³/mol. The molecule has 0 saturated carbocycles. The molecule has 74 valence electrons. The van der Waals surface area contributed by atoms with Gasteiger partial charge in [0.2, 0.25) is 0 Å². The lowest BCUT2D eigenvalue weighted by Crippen LogP contribution is -2.06. The highest BCUT2D eigenvalue weighted by atomic mass is 15.4. The summed E-state index contributed by atoms with van der Waals surface area (Å²) in [6.45, 7) is 6.99. The van der Waals surface area contributed by atoms with Gasteiger partial charge in [-0.2, -0.15) is 0 Å². The Morgan fingerprint density at radius 1 is 1.46 bits per heavy atom. The number of aromatic nitrogens is 3. The van der Waals surface area contributed by atoms with Crippen molar-refractivity contribution in [1.82, 2.24) is 15.0 Å². The largest absolute Gasteiger partial charge is 0.330 e. The molecule has 1 heterocycles. The van der Waals surface area contributed by atoms with E-state index in [2.05, 4.69) is 31.1 Å². The summed E-state index contributed by atoms with van der Waals surface area (Å²) in [5, 5.41) is 8.23. The summed E-state index contributed by atoms with van der Waals surface area (Å²) >= 11 is 0. The normalized spacial score (nSPS) is 11.2. The Hall–Kier alpha value is -0.900. The van der Waals surface area contributed by atoms with E-state index in [-0.39, 0.29) is 0 Å². The summed E-state index contributed by atoms with van der Waals surface area (Å²) in [5.74, 6) is 0. The van der Waals surface area contributed by atoms with Gasteiger partial charge in [0.15, 0.2) is 0 Å². The van der Waals surface area contributed by atoms with Crippen LogP contribution in [-0.4, -0.2) is 21.5 Å². The minimum Gasteiger partial charge on any atom is -0.330 e. The second-order valence-corrected chi connectivity index (χ2v) is 3.55. The quantitative estimate of drug-likeness (QED) is 0.757. The minimum absolute atomic E-state index is 0.388. The molecule has 0 saturated heterocycles. The molecule has 0 radical (unpaired) electrons. The molecular formula is C9H18N4. The van der Waals surface area contributed by atoms with Crippen LogP contribution in [0.4, 0.5) is 0 Å². The summed E-state index contributed by atoms with van der Waals surface area (Å²) in [7, 11) is 0. The van der Waals surface area contributed by atoms with E-state index in [0.29, 0.717) is 12.6 Å². The first-order valence-corrected chi connectivity index (χ1v) is 4.77. The average molecular weight is 182 g/mol. The molecule has 0 amide bonds. The van der Waals surface area contributed by atoms with E-state index < -0.39 is 0 Å². The zero-order valence-electron chi connectivity index (χ0n) is 8.62. The molecule has 0 aliphatic carbocycles. The van der Waals surface area contributed by atoms with Crippen molar-refractivity contribution in [3.63, 3.8) is 0 Å². The molecular weight excluding hydrogens is 164 g/mol. The van der Waals surface area contributed by atoms with Crippen LogP contribution in [0.3, 0.4) is 0 Å². The molecule has 0 atom stereocenters. The van der Waals surface area contributed by atoms with Gasteiger partial charge in [-0.3, -0.25) is 0 Å². The number of nitrogens with two attached hydrogens (primary N) is 1. The molecule has 1 aromatic rings. The first kappa shape index (κ1) is 10.2. The first-order chi connectivity index (χ1) is 6.16. The van der Waals surface area contributed by atoms with Gasteiger partial charge in [0.1, 0.15) is 0 Å². The van der Waals surface area contributed by atoms with Gasteiger partial charge in [-0.25, -0.2) is 4.68 Å². The van der Waals surface area contributed by atoms with Crippen molar-refractivity contribution in [3.8, 4) is 0 Å². The summed E-state index contributed by atoms with van der Waals surface area (Å²) < 4.78 is 1.95. The van der Waals surface area contributed by atoms with Gasteiger partial charge in [-0.05, 0) is 40.2 Å². The maximum absolute atomic E-state index is 5.44. The van der Waals surface area contributed by atoms with Crippen LogP contribution in [-0.2, 0) is 6.42 Å². The molecule has 0 fully saturated rings. The van der Waals surface area contributed by atoms with Gasteiger partial charge >= 0.3 is 0 Å². The lowest BCUT2D eigenvalue weighted by molar-refractivity contribution is 0.502. The standard InChI is InChI=1S/C9H18N4/c1-7(2)13-8(3)9(11-12-13)5-4-6-10/h7H,4-6,10H2,1-3H3. The molecule has 0 aliphatic rings. The molecule has 1 rings (SSSR count). The molecule has 0 unspecified atom stereocenters. The summed E-state index contributed by atoms with van der Waals surface area (Å²) in [4.78, 5) is 0. The Morgan fingerprint density at radius 3 is 2.62 bits per heavy atom. The third-order valence-electron chi connectivity index (χ3n) is 2.13. The summed E-state index contributed by atoms with van der Waals surface area (Å²) in [6, 6.07) is 0.388. The molecule has 1 aromatic heterocycles. The Bertz CT molecular complexity index is 265. The van der Waals surface area contributed by atoms with E-state index in [0.717, 1.165) is 18.5 Å². The van der Waals surface area contributed by atoms with Crippen molar-refractivity contribution in [2.45, 2.75) is 39.7 Å². The number of nitrogens with zero attached hydrogens (tertiary/aromatic N) is 3. The van der Waals surface area contributed by atoms with E-state index >= 15 is 0 Å². The maximum Gasteiger partial charge on any atom is 0.0856 e. The van der Waals surface area contributed by atoms with Crippen LogP contribution in [0.2, 0.25) is 0 Å². The number of rotatable bonds is 4. The minimum atomic E-state index is 0.388. The molecule has 0 bridgehead atoms. The first-order valence-electron chi connectivity index (χ1n) is 4.77. The third kappa shape index (κ3) is 2.28. The SMILES string of the molecule is Cc1c(CCCN)nnn1C(C)C. The van der Waals surface area contributed by atoms with E-state index in [1.807, 2.05) is 4.68 Å². The Labute approximate surface area is 79.1 Å². The third-order valence-corrected chi connectivity index (χ3v) is 2.13. The zero-order chi connectivity index (χ0) is 9.84. The molecule has 0 aromatic carbocycles. The lowest BCUT2D eigenvalue weighted by Gasteiger charge is -2.06. The van der Waals surface area contributed by atoms with Crippen molar-refractivity contribution in [2.24, 2.45) is 5.73 Å². The van der Waals surface area contributed by atoms with Crippen molar-refractivity contribution in [3.05, 3.63) is 11.4 Å². The molecule has 2 N–H and O–H groups in total. The van der Waals surface area contributed by atoms with Gasteiger partial charge in [0.05, 0.1) is 11.4 Å². The van der Waals surface area contributed by atoms with Crippen LogP contribution in [0, 0.1) is 6.92 Å². The van der Waals surface area contributed by atoms with Crippen LogP contribution < -0.4 is 5.73 Å². The van der Waals surface area contributed by atoms with E-state index in [1.165, 1.54) is 5.69 Å². The van der Waals surface area contributed by atoms with E-state index in [4.69, 9.17) is 5.73 Å². The fourth-order valence-electron chi connectivity index (χ4n) is 1.36. The fourth-order valence-corrected chi connectivity index (χ4v) is 1.36. The van der Waals surface area contributed by atoms with E-state index in [9.17, 15) is 0 Å². The van der Waals surface area contributed by atoms with Gasteiger partial charge in [0, 0.05) is 6.04 Å². The highest BCUT2D eigenvalue weighted by Gasteiger charge is 2.09. The van der Waals surface area contributed by atoms with Gasteiger partial charge in [-0.1, -0.05) is 5.21 Å². The zero-order valence-corrected chi connectivity index (χ0v) is 8.62. The van der Waals surface area contributed by atoms with Crippen molar-refractivity contribution < 1.29 is 0 Å². The second kappa shape index (κ2) is 4.37. The van der Waals surface area contributed by atoms with Gasteiger partial charge in [-0.15, -0.1) is 5.10 Å². The summed E-state index contributed by atoms with van der Waals surface area (Å²) in [6.07, 6.45) is 1.92. The van der Waals surface area contributed by atoms with Crippen molar-refractivity contribution in [2.75, 3.05) is 6.54 Å². The Kier molecular flexibility index (Phi) is 3.42. The van der Waals surface area contributed by atoms with Crippen LogP contribution in [0.15, 0.2) is 0 Å². The Balaban J connectivity index is 2.74. The van der Waals surface area contributed by atoms with Gasteiger partial charge < -0.3 is 5.73 Å². The number of hydrogen-bond donors (Lipinski definition) is 1. The van der Waals surface area contributed by atoms with Crippen LogP contribution in [0.5, 0.6) is 0 Å². The molecule has 4 nitrogen and oxygen atoms in total. The number of aryl methyl sites for hydroxylation is 1. The second-order valence-electron chi connectivity index (χ2n) is 3.55. The molecule has 4 heteroatoms. The molecule has 0 spiro atoms. The lowest BCUT2D eigenvalue weighted by atomic mass is 10.2. The summed E-state index contributed by atoms with van der Waals surface area (Å²) in [5.41, 5.74) is 7.69. The van der Waals surface area contributed by atoms with Crippen LogP contribution in [0.25, 0.3) is 0 Å². The Morgan fingerprint density at radius 2 is 2.15 bits per heavy atom. The van der Waals surface area contributed by atoms with Crippen molar-refractivity contribution in [1.29, 1.82) is 0 Å². The van der Waals surface area contributed by atoms with Crippen LogP contribution >= 0.6 is 0 Å². The highest BCUT2D eigenvalue weighted by Crippen LogP contribution is 2.11. The monoisotopic (exact) mass is 182 g/mol. The van der Waals surface area contributed by atoms with Crippen molar-refractivity contribution >= 4 is 0 Å². The predicted octanol–water partition coefficient (Wildman–Crippen LogP) is 1.06. The average Bonchev–Trinajstić information content (AvgIpc) is 2.43. The molecule has 13 heavy (non-hydrogen) atoms. The van der Waals surface area contributed by atoms with Crippen LogP contribution in [0.1, 0.15) is 37.7 Å². The van der Waals surface area contributed by atoms with Gasteiger partial charge in [0.25, 0.3) is 0 Å². The maximum atomic E-state index is 5.44. The highest BCUT2D eigenvalue weighted by molar-refractivity contribution is 5.08.